The molecule has 1 unspecified atom stereocenters. The molecule has 0 fully saturated rings. The van der Waals surface area contributed by atoms with Gasteiger partial charge in [0.2, 0.25) is 0 Å². The van der Waals surface area contributed by atoms with Crippen LogP contribution in [0.2, 0.25) is 0 Å². The second kappa shape index (κ2) is 9.93. The molecule has 0 aromatic carbocycles. The van der Waals surface area contributed by atoms with Gasteiger partial charge in [0, 0.05) is 6.08 Å². The Kier molecular flexibility index (Phi) is 8.28. The van der Waals surface area contributed by atoms with Crippen LogP contribution in [0.4, 0.5) is 0 Å². The molecular weight excluding hydrogens is 224 g/mol. The smallest absolute Gasteiger partial charge is 0.330 e. The van der Waals surface area contributed by atoms with Gasteiger partial charge in [0.05, 0.1) is 7.11 Å². The summed E-state index contributed by atoms with van der Waals surface area (Å²) >= 11 is 0. The molecule has 0 aliphatic heterocycles. The van der Waals surface area contributed by atoms with Crippen LogP contribution in [0, 0.1) is 5.92 Å². The number of allylic oxidation sites excluding steroid dienone is 3. The highest BCUT2D eigenvalue weighted by Gasteiger charge is 2.03. The van der Waals surface area contributed by atoms with Crippen molar-refractivity contribution in [3.8, 4) is 0 Å². The van der Waals surface area contributed by atoms with Crippen molar-refractivity contribution in [2.45, 2.75) is 57.8 Å². The number of rotatable bonds is 2. The third-order valence-electron chi connectivity index (χ3n) is 3.47. The van der Waals surface area contributed by atoms with Crippen molar-refractivity contribution in [3.63, 3.8) is 0 Å². The lowest BCUT2D eigenvalue weighted by Gasteiger charge is -2.09. The number of hydrogen-bond donors (Lipinski definition) is 0. The molecule has 18 heavy (non-hydrogen) atoms. The maximum absolute atomic E-state index is 11.1. The molecule has 1 aliphatic rings. The molecule has 0 radical (unpaired) electrons. The summed E-state index contributed by atoms with van der Waals surface area (Å²) < 4.78 is 4.63. The third kappa shape index (κ3) is 7.31. The fraction of sp³-hybridized carbons (Fsp3) is 0.688. The van der Waals surface area contributed by atoms with E-state index in [1.165, 1.54) is 58.5 Å². The standard InChI is InChI=1S/C16H26O2/c1-18-16(17)14-13-15-11-9-7-5-3-2-4-6-8-10-12-15/h9,11,13-15H,2-8,10,12H2,1H3. The molecule has 0 bridgehead atoms. The maximum Gasteiger partial charge on any atom is 0.330 e. The van der Waals surface area contributed by atoms with Gasteiger partial charge < -0.3 is 4.74 Å². The topological polar surface area (TPSA) is 26.3 Å². The summed E-state index contributed by atoms with van der Waals surface area (Å²) in [5.41, 5.74) is 0. The minimum absolute atomic E-state index is 0.255. The largest absolute Gasteiger partial charge is 0.466 e. The second-order valence-electron chi connectivity index (χ2n) is 5.03. The van der Waals surface area contributed by atoms with Crippen LogP contribution in [0.25, 0.3) is 0 Å². The summed E-state index contributed by atoms with van der Waals surface area (Å²) in [5, 5.41) is 0. The van der Waals surface area contributed by atoms with E-state index < -0.39 is 0 Å². The first-order chi connectivity index (χ1) is 8.83. The van der Waals surface area contributed by atoms with Crippen molar-refractivity contribution in [1.29, 1.82) is 0 Å². The number of hydrogen-bond acceptors (Lipinski definition) is 2. The van der Waals surface area contributed by atoms with E-state index in [1.807, 2.05) is 6.08 Å². The Balaban J connectivity index is 2.46. The first-order valence-corrected chi connectivity index (χ1v) is 7.26. The highest BCUT2D eigenvalue weighted by molar-refractivity contribution is 5.81. The number of methoxy groups -OCH3 is 1. The van der Waals surface area contributed by atoms with E-state index in [2.05, 4.69) is 16.9 Å². The van der Waals surface area contributed by atoms with Crippen LogP contribution in [0.1, 0.15) is 57.8 Å². The Labute approximate surface area is 111 Å². The lowest BCUT2D eigenvalue weighted by Crippen LogP contribution is -1.98. The van der Waals surface area contributed by atoms with Gasteiger partial charge in [0.25, 0.3) is 0 Å². The fourth-order valence-corrected chi connectivity index (χ4v) is 2.32. The fourth-order valence-electron chi connectivity index (χ4n) is 2.32. The van der Waals surface area contributed by atoms with Crippen LogP contribution in [0.15, 0.2) is 24.3 Å². The molecule has 102 valence electrons. The van der Waals surface area contributed by atoms with Crippen molar-refractivity contribution in [1.82, 2.24) is 0 Å². The summed E-state index contributed by atoms with van der Waals surface area (Å²) in [6.45, 7) is 0. The zero-order chi connectivity index (χ0) is 13.1. The predicted octanol–water partition coefficient (Wildman–Crippen LogP) is 4.41. The van der Waals surface area contributed by atoms with E-state index in [1.54, 1.807) is 6.08 Å². The lowest BCUT2D eigenvalue weighted by molar-refractivity contribution is -0.134. The molecule has 1 atom stereocenters. The minimum Gasteiger partial charge on any atom is -0.466 e. The summed E-state index contributed by atoms with van der Waals surface area (Å²) in [4.78, 5) is 11.1. The minimum atomic E-state index is -0.255. The van der Waals surface area contributed by atoms with Gasteiger partial charge in [-0.3, -0.25) is 0 Å². The van der Waals surface area contributed by atoms with Gasteiger partial charge in [-0.15, -0.1) is 0 Å². The van der Waals surface area contributed by atoms with Crippen molar-refractivity contribution in [2.75, 3.05) is 7.11 Å². The van der Waals surface area contributed by atoms with Crippen LogP contribution in [-0.2, 0) is 9.53 Å². The molecule has 0 aromatic heterocycles. The Morgan fingerprint density at radius 3 is 2.50 bits per heavy atom. The van der Waals surface area contributed by atoms with Gasteiger partial charge in [-0.05, 0) is 25.2 Å². The summed E-state index contributed by atoms with van der Waals surface area (Å²) in [5.74, 6) is 0.137. The zero-order valence-corrected chi connectivity index (χ0v) is 11.6. The Bertz CT molecular complexity index is 279. The monoisotopic (exact) mass is 250 g/mol. The van der Waals surface area contributed by atoms with Gasteiger partial charge >= 0.3 is 5.97 Å². The van der Waals surface area contributed by atoms with E-state index in [0.717, 1.165) is 6.42 Å². The van der Waals surface area contributed by atoms with Crippen LogP contribution in [0.5, 0.6) is 0 Å². The quantitative estimate of drug-likeness (QED) is 0.412. The zero-order valence-electron chi connectivity index (χ0n) is 11.6. The Morgan fingerprint density at radius 1 is 1.11 bits per heavy atom. The van der Waals surface area contributed by atoms with Gasteiger partial charge in [0.15, 0.2) is 0 Å². The normalized spacial score (nSPS) is 23.3. The lowest BCUT2D eigenvalue weighted by atomic mass is 9.97. The predicted molar refractivity (Wildman–Crippen MR) is 75.3 cm³/mol. The molecule has 0 saturated carbocycles. The summed E-state index contributed by atoms with van der Waals surface area (Å²) in [7, 11) is 1.42. The van der Waals surface area contributed by atoms with Crippen molar-refractivity contribution in [2.24, 2.45) is 5.92 Å². The van der Waals surface area contributed by atoms with Gasteiger partial charge in [-0.2, -0.15) is 0 Å². The molecule has 2 heteroatoms. The van der Waals surface area contributed by atoms with E-state index in [4.69, 9.17) is 0 Å². The number of ether oxygens (including phenoxy) is 1. The van der Waals surface area contributed by atoms with E-state index in [0.29, 0.717) is 5.92 Å². The molecular formula is C16H26O2. The third-order valence-corrected chi connectivity index (χ3v) is 3.47. The van der Waals surface area contributed by atoms with Crippen molar-refractivity contribution < 1.29 is 9.53 Å². The first-order valence-electron chi connectivity index (χ1n) is 7.26. The molecule has 1 aliphatic carbocycles. The Morgan fingerprint density at radius 2 is 1.78 bits per heavy atom. The first kappa shape index (κ1) is 15.0. The van der Waals surface area contributed by atoms with E-state index in [-0.39, 0.29) is 5.97 Å². The van der Waals surface area contributed by atoms with Crippen LogP contribution in [0.3, 0.4) is 0 Å². The van der Waals surface area contributed by atoms with E-state index in [9.17, 15) is 4.79 Å². The molecule has 0 N–H and O–H groups in total. The highest BCUT2D eigenvalue weighted by Crippen LogP contribution is 2.17. The number of carbonyl (C=O) groups excluding carboxylic acids is 1. The molecule has 0 saturated heterocycles. The SMILES string of the molecule is COC(=O)C=CC1C=CCCCCCCCCC1. The van der Waals surface area contributed by atoms with Gasteiger partial charge in [-0.25, -0.2) is 4.79 Å². The average molecular weight is 250 g/mol. The second-order valence-corrected chi connectivity index (χ2v) is 5.03. The maximum atomic E-state index is 11.1. The molecule has 0 heterocycles. The molecule has 0 aromatic rings. The van der Waals surface area contributed by atoms with Crippen LogP contribution in [-0.4, -0.2) is 13.1 Å². The molecule has 1 rings (SSSR count). The van der Waals surface area contributed by atoms with Crippen molar-refractivity contribution >= 4 is 5.97 Å². The number of carbonyl (C=O) groups is 1. The molecule has 2 nitrogen and oxygen atoms in total. The average Bonchev–Trinajstić information content (AvgIpc) is 2.37. The van der Waals surface area contributed by atoms with Crippen LogP contribution >= 0.6 is 0 Å². The summed E-state index contributed by atoms with van der Waals surface area (Å²) in [6, 6.07) is 0. The number of esters is 1. The van der Waals surface area contributed by atoms with E-state index >= 15 is 0 Å². The van der Waals surface area contributed by atoms with Gasteiger partial charge in [0.1, 0.15) is 0 Å². The highest BCUT2D eigenvalue weighted by atomic mass is 16.5. The Hall–Kier alpha value is -1.05. The summed E-state index contributed by atoms with van der Waals surface area (Å²) in [6.07, 6.45) is 19.7. The molecule has 0 spiro atoms. The van der Waals surface area contributed by atoms with Gasteiger partial charge in [-0.1, -0.05) is 56.8 Å². The van der Waals surface area contributed by atoms with Crippen molar-refractivity contribution in [3.05, 3.63) is 24.3 Å². The van der Waals surface area contributed by atoms with Crippen LogP contribution < -0.4 is 0 Å². The molecule has 0 amide bonds.